The van der Waals surface area contributed by atoms with Crippen molar-refractivity contribution in [3.8, 4) is 0 Å². The number of ether oxygens (including phenoxy) is 1. The Balaban J connectivity index is 1.79. The highest BCUT2D eigenvalue weighted by Crippen LogP contribution is 2.27. The zero-order valence-corrected chi connectivity index (χ0v) is 17.9. The Bertz CT molecular complexity index is 1280. The summed E-state index contributed by atoms with van der Waals surface area (Å²) in [5, 5.41) is 2.95. The van der Waals surface area contributed by atoms with Crippen LogP contribution in [0.4, 0.5) is 10.5 Å². The fourth-order valence-electron chi connectivity index (χ4n) is 3.39. The normalized spacial score (nSPS) is 15.5. The molecule has 2 heterocycles. The molecule has 0 atom stereocenters. The van der Waals surface area contributed by atoms with Crippen LogP contribution in [0.2, 0.25) is 0 Å². The molecule has 4 amide bonds. The van der Waals surface area contributed by atoms with E-state index in [0.29, 0.717) is 15.7 Å². The van der Waals surface area contributed by atoms with Gasteiger partial charge in [0.25, 0.3) is 11.8 Å². The number of nitrogens with zero attached hydrogens (tertiary/aromatic N) is 2. The monoisotopic (exact) mass is 481 g/mol. The Morgan fingerprint density at radius 1 is 1.13 bits per heavy atom. The number of imide groups is 2. The van der Waals surface area contributed by atoms with Crippen LogP contribution in [0.3, 0.4) is 0 Å². The van der Waals surface area contributed by atoms with Gasteiger partial charge in [-0.05, 0) is 30.3 Å². The van der Waals surface area contributed by atoms with Gasteiger partial charge in [-0.3, -0.25) is 19.7 Å². The summed E-state index contributed by atoms with van der Waals surface area (Å²) < 4.78 is 7.10. The quantitative estimate of drug-likeness (QED) is 0.350. The average molecular weight is 482 g/mol. The summed E-state index contributed by atoms with van der Waals surface area (Å²) in [5.41, 5.74) is 1.42. The van der Waals surface area contributed by atoms with Gasteiger partial charge in [0, 0.05) is 27.1 Å². The van der Waals surface area contributed by atoms with Crippen molar-refractivity contribution in [3.63, 3.8) is 0 Å². The topological polar surface area (TPSA) is 97.7 Å². The van der Waals surface area contributed by atoms with Crippen LogP contribution in [0.1, 0.15) is 5.56 Å². The van der Waals surface area contributed by atoms with Crippen molar-refractivity contribution in [2.24, 2.45) is 0 Å². The Kier molecular flexibility index (Phi) is 5.43. The lowest BCUT2D eigenvalue weighted by Crippen LogP contribution is -2.54. The molecule has 0 bridgehead atoms. The smallest absolute Gasteiger partial charge is 0.335 e. The first kappa shape index (κ1) is 20.5. The Labute approximate surface area is 185 Å². The van der Waals surface area contributed by atoms with Crippen LogP contribution in [0.5, 0.6) is 0 Å². The number of benzene rings is 2. The standard InChI is InChI=1S/C22H16BrN3O5/c1-31-19(27)12-25-11-13(16-7-2-3-8-18(16)25)9-17-20(28)24-22(30)26(21(17)29)15-6-4-5-14(23)10-15/h2-11H,12H2,1H3,(H,24,28,30). The van der Waals surface area contributed by atoms with Crippen molar-refractivity contribution in [1.29, 1.82) is 0 Å². The number of halogens is 1. The highest BCUT2D eigenvalue weighted by atomic mass is 79.9. The Morgan fingerprint density at radius 2 is 1.90 bits per heavy atom. The second-order valence-electron chi connectivity index (χ2n) is 6.74. The minimum atomic E-state index is -0.821. The van der Waals surface area contributed by atoms with Crippen molar-refractivity contribution in [1.82, 2.24) is 9.88 Å². The summed E-state index contributed by atoms with van der Waals surface area (Å²) in [6, 6.07) is 13.1. The summed E-state index contributed by atoms with van der Waals surface area (Å²) in [5.74, 6) is -1.96. The van der Waals surface area contributed by atoms with Crippen LogP contribution < -0.4 is 10.2 Å². The van der Waals surface area contributed by atoms with Crippen molar-refractivity contribution in [2.45, 2.75) is 6.54 Å². The highest BCUT2D eigenvalue weighted by molar-refractivity contribution is 9.10. The van der Waals surface area contributed by atoms with Gasteiger partial charge in [-0.1, -0.05) is 40.2 Å². The molecule has 1 aliphatic rings. The van der Waals surface area contributed by atoms with Crippen LogP contribution in [-0.4, -0.2) is 35.5 Å². The van der Waals surface area contributed by atoms with Crippen molar-refractivity contribution >= 4 is 62.4 Å². The third kappa shape index (κ3) is 3.87. The molecule has 1 N–H and O–H groups in total. The van der Waals surface area contributed by atoms with Gasteiger partial charge in [-0.2, -0.15) is 0 Å². The third-order valence-electron chi connectivity index (χ3n) is 4.81. The molecular weight excluding hydrogens is 466 g/mol. The number of carbonyl (C=O) groups excluding carboxylic acids is 4. The molecule has 8 nitrogen and oxygen atoms in total. The molecule has 9 heteroatoms. The van der Waals surface area contributed by atoms with E-state index in [1.165, 1.54) is 13.2 Å². The minimum Gasteiger partial charge on any atom is -0.468 e. The fraction of sp³-hybridized carbons (Fsp3) is 0.0909. The first-order valence-corrected chi connectivity index (χ1v) is 10.00. The maximum Gasteiger partial charge on any atom is 0.335 e. The van der Waals surface area contributed by atoms with Gasteiger partial charge in [0.15, 0.2) is 0 Å². The van der Waals surface area contributed by atoms with Gasteiger partial charge in [0.05, 0.1) is 12.8 Å². The first-order chi connectivity index (χ1) is 14.9. The number of fused-ring (bicyclic) bond motifs is 1. The van der Waals surface area contributed by atoms with E-state index in [2.05, 4.69) is 21.2 Å². The third-order valence-corrected chi connectivity index (χ3v) is 5.31. The number of carbonyl (C=O) groups is 4. The summed E-state index contributed by atoms with van der Waals surface area (Å²) in [4.78, 5) is 50.6. The van der Waals surface area contributed by atoms with Gasteiger partial charge in [-0.15, -0.1) is 0 Å². The lowest BCUT2D eigenvalue weighted by atomic mass is 10.1. The Morgan fingerprint density at radius 3 is 2.65 bits per heavy atom. The summed E-state index contributed by atoms with van der Waals surface area (Å²) in [6.07, 6.45) is 3.08. The van der Waals surface area contributed by atoms with Gasteiger partial charge in [-0.25, -0.2) is 9.69 Å². The number of para-hydroxylation sites is 1. The molecule has 0 saturated carbocycles. The van der Waals surface area contributed by atoms with E-state index < -0.39 is 23.8 Å². The number of esters is 1. The maximum atomic E-state index is 13.1. The summed E-state index contributed by atoms with van der Waals surface area (Å²) in [7, 11) is 1.30. The molecule has 3 aromatic rings. The molecule has 4 rings (SSSR count). The molecule has 1 fully saturated rings. The number of amides is 4. The number of nitrogens with one attached hydrogen (secondary N) is 1. The van der Waals surface area contributed by atoms with Crippen LogP contribution in [0.25, 0.3) is 17.0 Å². The first-order valence-electron chi connectivity index (χ1n) is 9.21. The number of barbiturate groups is 1. The van der Waals surface area contributed by atoms with E-state index in [1.54, 1.807) is 35.0 Å². The van der Waals surface area contributed by atoms with E-state index in [1.807, 2.05) is 24.3 Å². The molecule has 0 unspecified atom stereocenters. The fourth-order valence-corrected chi connectivity index (χ4v) is 3.77. The minimum absolute atomic E-state index is 0.0248. The van der Waals surface area contributed by atoms with Crippen molar-refractivity contribution < 1.29 is 23.9 Å². The lowest BCUT2D eigenvalue weighted by Gasteiger charge is -2.26. The summed E-state index contributed by atoms with van der Waals surface area (Å²) >= 11 is 3.31. The molecule has 0 radical (unpaired) electrons. The largest absolute Gasteiger partial charge is 0.468 e. The van der Waals surface area contributed by atoms with E-state index in [-0.39, 0.29) is 12.1 Å². The number of hydrogen-bond acceptors (Lipinski definition) is 5. The second kappa shape index (κ2) is 8.19. The number of anilines is 1. The molecule has 1 aliphatic heterocycles. The van der Waals surface area contributed by atoms with Crippen molar-refractivity contribution in [2.75, 3.05) is 12.0 Å². The van der Waals surface area contributed by atoms with Crippen LogP contribution in [0.15, 0.2) is 64.8 Å². The molecule has 1 saturated heterocycles. The van der Waals surface area contributed by atoms with Crippen LogP contribution in [0, 0.1) is 0 Å². The molecule has 31 heavy (non-hydrogen) atoms. The van der Waals surface area contributed by atoms with Crippen molar-refractivity contribution in [3.05, 3.63) is 70.3 Å². The molecule has 1 aromatic heterocycles. The number of hydrogen-bond donors (Lipinski definition) is 1. The summed E-state index contributed by atoms with van der Waals surface area (Å²) in [6.45, 7) is -0.0248. The predicted octanol–water partition coefficient (Wildman–Crippen LogP) is 3.24. The molecule has 2 aromatic carbocycles. The number of methoxy groups -OCH3 is 1. The van der Waals surface area contributed by atoms with Crippen LogP contribution in [-0.2, 0) is 25.7 Å². The van der Waals surface area contributed by atoms with Gasteiger partial charge in [0.1, 0.15) is 12.1 Å². The van der Waals surface area contributed by atoms with E-state index in [4.69, 9.17) is 4.74 Å². The van der Waals surface area contributed by atoms with E-state index in [9.17, 15) is 19.2 Å². The number of aromatic nitrogens is 1. The van der Waals surface area contributed by atoms with E-state index >= 15 is 0 Å². The predicted molar refractivity (Wildman–Crippen MR) is 117 cm³/mol. The Hall–Kier alpha value is -3.72. The molecule has 156 valence electrons. The zero-order chi connectivity index (χ0) is 22.1. The number of rotatable bonds is 4. The average Bonchev–Trinajstić information content (AvgIpc) is 3.08. The van der Waals surface area contributed by atoms with Gasteiger partial charge >= 0.3 is 12.0 Å². The highest BCUT2D eigenvalue weighted by Gasteiger charge is 2.37. The van der Waals surface area contributed by atoms with Gasteiger partial charge in [0.2, 0.25) is 0 Å². The maximum absolute atomic E-state index is 13.1. The molecule has 0 aliphatic carbocycles. The van der Waals surface area contributed by atoms with Crippen LogP contribution >= 0.6 is 15.9 Å². The lowest BCUT2D eigenvalue weighted by molar-refractivity contribution is -0.141. The molecule has 0 spiro atoms. The SMILES string of the molecule is COC(=O)Cn1cc(C=C2C(=O)NC(=O)N(c3cccc(Br)c3)C2=O)c2ccccc21. The molecular formula is C22H16BrN3O5. The van der Waals surface area contributed by atoms with E-state index in [0.717, 1.165) is 15.8 Å². The second-order valence-corrected chi connectivity index (χ2v) is 7.66. The number of urea groups is 1. The van der Waals surface area contributed by atoms with Gasteiger partial charge < -0.3 is 9.30 Å². The zero-order valence-electron chi connectivity index (χ0n) is 16.3.